The molecule has 2 aliphatic rings. The Balaban J connectivity index is 1.44. The van der Waals surface area contributed by atoms with Crippen LogP contribution in [0.2, 0.25) is 0 Å². The molecule has 1 N–H and O–H groups in total. The summed E-state index contributed by atoms with van der Waals surface area (Å²) in [7, 11) is -3.94. The van der Waals surface area contributed by atoms with Crippen molar-refractivity contribution < 1.29 is 17.9 Å². The third kappa shape index (κ3) is 5.23. The first-order chi connectivity index (χ1) is 18.0. The number of hydrogen-bond acceptors (Lipinski definition) is 5. The molecule has 8 heteroatoms. The van der Waals surface area contributed by atoms with Gasteiger partial charge in [0.2, 0.25) is 0 Å². The second-order valence-electron chi connectivity index (χ2n) is 11.1. The number of sulfonamides is 1. The summed E-state index contributed by atoms with van der Waals surface area (Å²) in [6, 6.07) is 20.0. The van der Waals surface area contributed by atoms with Gasteiger partial charge in [0.1, 0.15) is 5.75 Å². The molecule has 3 aromatic carbocycles. The van der Waals surface area contributed by atoms with Crippen molar-refractivity contribution in [3.8, 4) is 5.75 Å². The molecule has 7 nitrogen and oxygen atoms in total. The van der Waals surface area contributed by atoms with E-state index >= 15 is 0 Å². The first-order valence-electron chi connectivity index (χ1n) is 13.1. The Morgan fingerprint density at radius 1 is 0.947 bits per heavy atom. The Morgan fingerprint density at radius 3 is 2.24 bits per heavy atom. The first kappa shape index (κ1) is 26.1. The van der Waals surface area contributed by atoms with E-state index in [1.165, 1.54) is 17.1 Å². The Bertz CT molecular complexity index is 1420. The summed E-state index contributed by atoms with van der Waals surface area (Å²) >= 11 is 0. The van der Waals surface area contributed by atoms with E-state index in [9.17, 15) is 13.2 Å². The Hall–Kier alpha value is -3.52. The number of nitrogens with one attached hydrogen (secondary N) is 1. The lowest BCUT2D eigenvalue weighted by molar-refractivity contribution is -0.122. The molecule has 2 aliphatic heterocycles. The topological polar surface area (TPSA) is 79.0 Å². The van der Waals surface area contributed by atoms with E-state index in [-0.39, 0.29) is 16.9 Å². The highest BCUT2D eigenvalue weighted by molar-refractivity contribution is 7.92. The van der Waals surface area contributed by atoms with Gasteiger partial charge in [-0.3, -0.25) is 9.10 Å². The lowest BCUT2D eigenvalue weighted by Crippen LogP contribution is -2.49. The number of carbonyl (C=O) groups is 1. The molecule has 2 heterocycles. The molecule has 0 saturated carbocycles. The number of benzene rings is 3. The van der Waals surface area contributed by atoms with Crippen LogP contribution in [0.15, 0.2) is 71.6 Å². The van der Waals surface area contributed by atoms with Crippen LogP contribution in [0, 0.1) is 6.92 Å². The summed E-state index contributed by atoms with van der Waals surface area (Å²) in [6.07, 6.45) is 1.37. The van der Waals surface area contributed by atoms with Gasteiger partial charge in [0, 0.05) is 24.5 Å². The second kappa shape index (κ2) is 9.98. The quantitative estimate of drug-likeness (QED) is 0.469. The van der Waals surface area contributed by atoms with Crippen LogP contribution >= 0.6 is 0 Å². The third-order valence-electron chi connectivity index (χ3n) is 7.20. The number of amides is 1. The van der Waals surface area contributed by atoms with Gasteiger partial charge in [-0.2, -0.15) is 0 Å². The van der Waals surface area contributed by atoms with Crippen molar-refractivity contribution in [3.05, 3.63) is 77.9 Å². The molecule has 1 fully saturated rings. The molecule has 5 rings (SSSR count). The Labute approximate surface area is 225 Å². The van der Waals surface area contributed by atoms with Gasteiger partial charge in [-0.05, 0) is 79.3 Å². The monoisotopic (exact) mass is 533 g/mol. The maximum atomic E-state index is 13.8. The van der Waals surface area contributed by atoms with Crippen LogP contribution in [0.5, 0.6) is 5.75 Å². The predicted molar refractivity (Wildman–Crippen MR) is 152 cm³/mol. The van der Waals surface area contributed by atoms with Crippen molar-refractivity contribution in [3.63, 3.8) is 0 Å². The minimum Gasteiger partial charge on any atom is -0.476 e. The summed E-state index contributed by atoms with van der Waals surface area (Å²) in [5.74, 6) is -0.0296. The largest absolute Gasteiger partial charge is 0.476 e. The summed E-state index contributed by atoms with van der Waals surface area (Å²) in [5, 5.41) is 2.91. The van der Waals surface area contributed by atoms with Crippen LogP contribution < -0.4 is 19.3 Å². The van der Waals surface area contributed by atoms with Crippen LogP contribution in [0.3, 0.4) is 0 Å². The van der Waals surface area contributed by atoms with Crippen molar-refractivity contribution in [2.24, 2.45) is 0 Å². The van der Waals surface area contributed by atoms with Crippen molar-refractivity contribution in [2.45, 2.75) is 57.0 Å². The highest BCUT2D eigenvalue weighted by atomic mass is 32.2. The lowest BCUT2D eigenvalue weighted by Gasteiger charge is -2.36. The van der Waals surface area contributed by atoms with Gasteiger partial charge in [-0.25, -0.2) is 8.42 Å². The fourth-order valence-electron chi connectivity index (χ4n) is 4.87. The van der Waals surface area contributed by atoms with Crippen LogP contribution in [-0.4, -0.2) is 40.1 Å². The first-order valence-corrected chi connectivity index (χ1v) is 14.5. The van der Waals surface area contributed by atoms with Gasteiger partial charge in [0.15, 0.2) is 6.10 Å². The van der Waals surface area contributed by atoms with Crippen LogP contribution in [0.1, 0.15) is 44.7 Å². The van der Waals surface area contributed by atoms with Gasteiger partial charge in [-0.1, -0.05) is 44.5 Å². The summed E-state index contributed by atoms with van der Waals surface area (Å²) < 4.78 is 35.1. The minimum absolute atomic E-state index is 0.130. The molecule has 0 aromatic heterocycles. The van der Waals surface area contributed by atoms with E-state index in [2.05, 4.69) is 31.0 Å². The zero-order chi connectivity index (χ0) is 27.1. The summed E-state index contributed by atoms with van der Waals surface area (Å²) in [4.78, 5) is 15.8. The maximum Gasteiger partial charge on any atom is 0.267 e. The number of nitrogens with zero attached hydrogens (tertiary/aromatic N) is 2. The minimum atomic E-state index is -3.94. The molecule has 1 saturated heterocycles. The van der Waals surface area contributed by atoms with Crippen LogP contribution in [0.25, 0.3) is 0 Å². The SMILES string of the molecule is Cc1ccc(S(=O)(=O)N2CC(C(=O)Nc3ccc(N4CCCC4)cc3)Oc3ccc(C(C)(C)C)cc32)cc1. The molecule has 0 aliphatic carbocycles. The van der Waals surface area contributed by atoms with Gasteiger partial charge in [0.05, 0.1) is 17.1 Å². The molecule has 3 aromatic rings. The molecule has 0 radical (unpaired) electrons. The van der Waals surface area contributed by atoms with E-state index in [1.54, 1.807) is 30.3 Å². The molecule has 1 amide bonds. The highest BCUT2D eigenvalue weighted by Gasteiger charge is 2.38. The van der Waals surface area contributed by atoms with Crippen molar-refractivity contribution >= 4 is 33.0 Å². The van der Waals surface area contributed by atoms with E-state index < -0.39 is 22.0 Å². The standard InChI is InChI=1S/C30H35N3O4S/c1-21-7-14-25(15-8-21)38(35,36)33-20-28(37-27-16-9-22(19-26(27)33)30(2,3)4)29(34)31-23-10-12-24(13-11-23)32-17-5-6-18-32/h7-16,19,28H,5-6,17-18,20H2,1-4H3,(H,31,34). The van der Waals surface area contributed by atoms with Crippen LogP contribution in [-0.2, 0) is 20.2 Å². The van der Waals surface area contributed by atoms with Gasteiger partial charge in [-0.15, -0.1) is 0 Å². The molecular formula is C30H35N3O4S. The lowest BCUT2D eigenvalue weighted by atomic mass is 9.86. The van der Waals surface area contributed by atoms with Crippen molar-refractivity contribution in [1.29, 1.82) is 0 Å². The van der Waals surface area contributed by atoms with Crippen LogP contribution in [0.4, 0.5) is 17.1 Å². The number of aryl methyl sites for hydroxylation is 1. The summed E-state index contributed by atoms with van der Waals surface area (Å²) in [6.45, 7) is 10.1. The number of carbonyl (C=O) groups excluding carboxylic acids is 1. The average Bonchev–Trinajstić information content (AvgIpc) is 3.43. The molecule has 1 atom stereocenters. The number of anilines is 3. The fraction of sp³-hybridized carbons (Fsp3) is 0.367. The fourth-order valence-corrected chi connectivity index (χ4v) is 6.34. The Morgan fingerprint density at radius 2 is 1.61 bits per heavy atom. The van der Waals surface area contributed by atoms with E-state index in [1.807, 2.05) is 43.3 Å². The van der Waals surface area contributed by atoms with Gasteiger partial charge in [0.25, 0.3) is 15.9 Å². The van der Waals surface area contributed by atoms with E-state index in [0.29, 0.717) is 17.1 Å². The van der Waals surface area contributed by atoms with Crippen molar-refractivity contribution in [2.75, 3.05) is 34.2 Å². The zero-order valence-electron chi connectivity index (χ0n) is 22.4. The van der Waals surface area contributed by atoms with Gasteiger partial charge >= 0.3 is 0 Å². The second-order valence-corrected chi connectivity index (χ2v) is 13.0. The Kier molecular flexibility index (Phi) is 6.86. The molecule has 200 valence electrons. The maximum absolute atomic E-state index is 13.8. The summed E-state index contributed by atoms with van der Waals surface area (Å²) in [5.41, 5.74) is 3.97. The number of rotatable bonds is 5. The third-order valence-corrected chi connectivity index (χ3v) is 9.00. The smallest absolute Gasteiger partial charge is 0.267 e. The predicted octanol–water partition coefficient (Wildman–Crippen LogP) is 5.49. The van der Waals surface area contributed by atoms with Gasteiger partial charge < -0.3 is 15.0 Å². The molecule has 38 heavy (non-hydrogen) atoms. The molecule has 0 spiro atoms. The molecule has 1 unspecified atom stereocenters. The van der Waals surface area contributed by atoms with E-state index in [0.717, 1.165) is 29.9 Å². The van der Waals surface area contributed by atoms with E-state index in [4.69, 9.17) is 4.74 Å². The average molecular weight is 534 g/mol. The highest BCUT2D eigenvalue weighted by Crippen LogP contribution is 2.40. The molecular weight excluding hydrogens is 498 g/mol. The number of fused-ring (bicyclic) bond motifs is 1. The normalized spacial score (nSPS) is 17.6. The molecule has 0 bridgehead atoms. The number of hydrogen-bond donors (Lipinski definition) is 1. The van der Waals surface area contributed by atoms with Crippen molar-refractivity contribution in [1.82, 2.24) is 0 Å². The number of ether oxygens (including phenoxy) is 1. The zero-order valence-corrected chi connectivity index (χ0v) is 23.2.